The van der Waals surface area contributed by atoms with Gasteiger partial charge in [-0.05, 0) is 24.3 Å². The normalized spacial score (nSPS) is 22.3. The molecule has 0 radical (unpaired) electrons. The maximum atomic E-state index is 12.3. The third-order valence-corrected chi connectivity index (χ3v) is 4.43. The summed E-state index contributed by atoms with van der Waals surface area (Å²) in [5.74, 6) is 0.577. The van der Waals surface area contributed by atoms with Crippen LogP contribution in [0, 0.1) is 0 Å². The molecule has 1 amide bonds. The molecule has 2 aliphatic heterocycles. The first-order chi connectivity index (χ1) is 9.19. The van der Waals surface area contributed by atoms with E-state index in [-0.39, 0.29) is 11.5 Å². The molecule has 0 N–H and O–H groups in total. The van der Waals surface area contributed by atoms with E-state index in [1.807, 2.05) is 23.1 Å². The second-order valence-electron chi connectivity index (χ2n) is 5.87. The van der Waals surface area contributed by atoms with Crippen LogP contribution in [-0.2, 0) is 9.53 Å². The van der Waals surface area contributed by atoms with Crippen LogP contribution in [0.15, 0.2) is 30.3 Å². The molecule has 0 aliphatic carbocycles. The van der Waals surface area contributed by atoms with Gasteiger partial charge < -0.3 is 9.64 Å². The Labute approximate surface area is 114 Å². The number of piperidine rings is 1. The van der Waals surface area contributed by atoms with Crippen LogP contribution >= 0.6 is 0 Å². The predicted octanol–water partition coefficient (Wildman–Crippen LogP) is 2.57. The number of carbonyl (C=O) groups excluding carboxylic acids is 1. The Morgan fingerprint density at radius 2 is 1.95 bits per heavy atom. The molecule has 1 aromatic carbocycles. The summed E-state index contributed by atoms with van der Waals surface area (Å²) in [4.78, 5) is 14.3. The van der Waals surface area contributed by atoms with Gasteiger partial charge in [0.05, 0.1) is 12.2 Å². The van der Waals surface area contributed by atoms with Crippen LogP contribution in [0.4, 0.5) is 0 Å². The summed E-state index contributed by atoms with van der Waals surface area (Å²) in [6, 6.07) is 10.3. The van der Waals surface area contributed by atoms with Crippen molar-refractivity contribution in [2.45, 2.75) is 37.7 Å². The van der Waals surface area contributed by atoms with Crippen molar-refractivity contribution < 1.29 is 9.53 Å². The van der Waals surface area contributed by atoms with Crippen molar-refractivity contribution in [3.8, 4) is 0 Å². The fourth-order valence-electron chi connectivity index (χ4n) is 2.84. The fraction of sp³-hybridized carbons (Fsp3) is 0.562. The van der Waals surface area contributed by atoms with Crippen LogP contribution in [-0.4, -0.2) is 36.1 Å². The minimum absolute atomic E-state index is 0.155. The summed E-state index contributed by atoms with van der Waals surface area (Å²) < 4.78 is 5.48. The number of nitrogens with zero attached hydrogens (tertiary/aromatic N) is 1. The van der Waals surface area contributed by atoms with E-state index in [4.69, 9.17) is 4.74 Å². The average molecular weight is 259 g/mol. The van der Waals surface area contributed by atoms with E-state index in [0.717, 1.165) is 32.5 Å². The number of rotatable bonds is 3. The molecule has 1 atom stereocenters. The van der Waals surface area contributed by atoms with E-state index in [1.165, 1.54) is 5.56 Å². The smallest absolute Gasteiger partial charge is 0.223 e. The van der Waals surface area contributed by atoms with E-state index in [0.29, 0.717) is 12.3 Å². The third kappa shape index (κ3) is 2.81. The van der Waals surface area contributed by atoms with E-state index in [1.54, 1.807) is 0 Å². The van der Waals surface area contributed by atoms with Gasteiger partial charge in [-0.25, -0.2) is 0 Å². The summed E-state index contributed by atoms with van der Waals surface area (Å²) >= 11 is 0. The highest BCUT2D eigenvalue weighted by Gasteiger charge is 2.47. The number of carbonyl (C=O) groups is 1. The molecule has 0 bridgehead atoms. The Kier molecular flexibility index (Phi) is 3.31. The van der Waals surface area contributed by atoms with Crippen LogP contribution in [0.1, 0.15) is 37.7 Å². The first-order valence-corrected chi connectivity index (χ1v) is 7.15. The van der Waals surface area contributed by atoms with Crippen LogP contribution in [0.25, 0.3) is 0 Å². The fourth-order valence-corrected chi connectivity index (χ4v) is 2.84. The zero-order chi connectivity index (χ0) is 13.3. The van der Waals surface area contributed by atoms with E-state index >= 15 is 0 Å². The van der Waals surface area contributed by atoms with E-state index in [2.05, 4.69) is 19.1 Å². The number of ether oxygens (including phenoxy) is 1. The second-order valence-corrected chi connectivity index (χ2v) is 5.87. The average Bonchev–Trinajstić information content (AvgIpc) is 3.20. The molecule has 19 heavy (non-hydrogen) atoms. The topological polar surface area (TPSA) is 32.8 Å². The second kappa shape index (κ2) is 4.97. The molecule has 2 fully saturated rings. The molecular formula is C16H21NO2. The summed E-state index contributed by atoms with van der Waals surface area (Å²) in [5, 5.41) is 0. The van der Waals surface area contributed by atoms with Gasteiger partial charge in [0.1, 0.15) is 0 Å². The first kappa shape index (κ1) is 12.7. The molecule has 3 heteroatoms. The zero-order valence-electron chi connectivity index (χ0n) is 11.5. The van der Waals surface area contributed by atoms with Gasteiger partial charge in [0, 0.05) is 19.5 Å². The molecule has 3 nitrogen and oxygen atoms in total. The Morgan fingerprint density at radius 3 is 2.53 bits per heavy atom. The minimum atomic E-state index is 0.155. The van der Waals surface area contributed by atoms with Crippen molar-refractivity contribution in [3.05, 3.63) is 35.9 Å². The van der Waals surface area contributed by atoms with Gasteiger partial charge in [-0.2, -0.15) is 0 Å². The van der Waals surface area contributed by atoms with Crippen molar-refractivity contribution in [2.75, 3.05) is 19.7 Å². The molecule has 0 saturated carbocycles. The standard InChI is InChI=1S/C16H21NO2/c1-13(14-5-3-2-4-6-14)11-15(18)17-9-7-16(8-10-17)12-19-16/h2-6,13H,7-12H2,1H3. The molecule has 3 rings (SSSR count). The summed E-state index contributed by atoms with van der Waals surface area (Å²) in [7, 11) is 0. The van der Waals surface area contributed by atoms with Gasteiger partial charge in [-0.1, -0.05) is 37.3 Å². The Bertz CT molecular complexity index is 443. The highest BCUT2D eigenvalue weighted by molar-refractivity contribution is 5.77. The van der Waals surface area contributed by atoms with Crippen LogP contribution < -0.4 is 0 Å². The van der Waals surface area contributed by atoms with Crippen molar-refractivity contribution >= 4 is 5.91 Å². The van der Waals surface area contributed by atoms with Crippen molar-refractivity contribution in [2.24, 2.45) is 0 Å². The molecule has 2 aliphatic rings. The van der Waals surface area contributed by atoms with Crippen molar-refractivity contribution in [1.29, 1.82) is 0 Å². The van der Waals surface area contributed by atoms with E-state index < -0.39 is 0 Å². The highest BCUT2D eigenvalue weighted by atomic mass is 16.6. The number of hydrogen-bond acceptors (Lipinski definition) is 2. The number of amides is 1. The number of benzene rings is 1. The Morgan fingerprint density at radius 1 is 1.32 bits per heavy atom. The lowest BCUT2D eigenvalue weighted by Gasteiger charge is -2.31. The lowest BCUT2D eigenvalue weighted by molar-refractivity contribution is -0.133. The molecular weight excluding hydrogens is 238 g/mol. The number of hydrogen-bond donors (Lipinski definition) is 0. The molecule has 0 aromatic heterocycles. The number of epoxide rings is 1. The van der Waals surface area contributed by atoms with Crippen molar-refractivity contribution in [1.82, 2.24) is 4.90 Å². The Hall–Kier alpha value is -1.35. The summed E-state index contributed by atoms with van der Waals surface area (Å²) in [6.07, 6.45) is 2.63. The Balaban J connectivity index is 1.53. The summed E-state index contributed by atoms with van der Waals surface area (Å²) in [5.41, 5.74) is 1.40. The SMILES string of the molecule is CC(CC(=O)N1CCC2(CC1)CO2)c1ccccc1. The highest BCUT2D eigenvalue weighted by Crippen LogP contribution is 2.38. The third-order valence-electron chi connectivity index (χ3n) is 4.43. The van der Waals surface area contributed by atoms with E-state index in [9.17, 15) is 4.79 Å². The van der Waals surface area contributed by atoms with Gasteiger partial charge in [0.2, 0.25) is 5.91 Å². The van der Waals surface area contributed by atoms with Gasteiger partial charge in [0.25, 0.3) is 0 Å². The monoisotopic (exact) mass is 259 g/mol. The van der Waals surface area contributed by atoms with Gasteiger partial charge in [0.15, 0.2) is 0 Å². The lowest BCUT2D eigenvalue weighted by atomic mass is 9.94. The molecule has 102 valence electrons. The van der Waals surface area contributed by atoms with Crippen LogP contribution in [0.5, 0.6) is 0 Å². The predicted molar refractivity (Wildman–Crippen MR) is 74.0 cm³/mol. The summed E-state index contributed by atoms with van der Waals surface area (Å²) in [6.45, 7) is 4.75. The minimum Gasteiger partial charge on any atom is -0.369 e. The molecule has 2 heterocycles. The molecule has 1 unspecified atom stereocenters. The van der Waals surface area contributed by atoms with Gasteiger partial charge in [-0.15, -0.1) is 0 Å². The maximum Gasteiger partial charge on any atom is 0.223 e. The first-order valence-electron chi connectivity index (χ1n) is 7.15. The largest absolute Gasteiger partial charge is 0.369 e. The van der Waals surface area contributed by atoms with Crippen LogP contribution in [0.3, 0.4) is 0 Å². The molecule has 1 aromatic rings. The van der Waals surface area contributed by atoms with Gasteiger partial charge >= 0.3 is 0 Å². The van der Waals surface area contributed by atoms with Crippen LogP contribution in [0.2, 0.25) is 0 Å². The quantitative estimate of drug-likeness (QED) is 0.782. The molecule has 1 spiro atoms. The maximum absolute atomic E-state index is 12.3. The zero-order valence-corrected chi connectivity index (χ0v) is 11.5. The lowest BCUT2D eigenvalue weighted by Crippen LogP contribution is -2.41. The number of likely N-dealkylation sites (tertiary alicyclic amines) is 1. The molecule has 2 saturated heterocycles. The van der Waals surface area contributed by atoms with Gasteiger partial charge in [-0.3, -0.25) is 4.79 Å². The van der Waals surface area contributed by atoms with Crippen molar-refractivity contribution in [3.63, 3.8) is 0 Å².